The van der Waals surface area contributed by atoms with Gasteiger partial charge in [-0.1, -0.05) is 78.3 Å². The van der Waals surface area contributed by atoms with Crippen LogP contribution >= 0.6 is 0 Å². The first-order valence-corrected chi connectivity index (χ1v) is 29.3. The lowest BCUT2D eigenvalue weighted by Gasteiger charge is -2.37. The van der Waals surface area contributed by atoms with Crippen LogP contribution in [0.4, 0.5) is 0 Å². The Labute approximate surface area is 483 Å². The molecule has 0 spiro atoms. The lowest BCUT2D eigenvalue weighted by Crippen LogP contribution is -2.61. The summed E-state index contributed by atoms with van der Waals surface area (Å²) < 4.78 is 6.18. The van der Waals surface area contributed by atoms with E-state index in [1.54, 1.807) is 29.2 Å². The topological polar surface area (TPSA) is 235 Å². The van der Waals surface area contributed by atoms with Crippen LogP contribution in [0.3, 0.4) is 0 Å². The maximum atomic E-state index is 15.0. The maximum Gasteiger partial charge on any atom is 0.248 e. The number of amides is 8. The highest BCUT2D eigenvalue weighted by molar-refractivity contribution is 5.98. The molecule has 2 fully saturated rings. The van der Waals surface area contributed by atoms with Crippen LogP contribution in [-0.2, 0) is 59.1 Å². The summed E-state index contributed by atoms with van der Waals surface area (Å²) >= 11 is 0. The largest absolute Gasteiger partial charge is 0.391 e. The zero-order valence-electron chi connectivity index (χ0n) is 52.0. The van der Waals surface area contributed by atoms with Gasteiger partial charge >= 0.3 is 0 Å². The van der Waals surface area contributed by atoms with Gasteiger partial charge in [0.1, 0.15) is 24.2 Å². The number of ether oxygens (including phenoxy) is 1. The number of nitrogens with zero attached hydrogens (tertiary/aromatic N) is 7. The minimum atomic E-state index is -1.59. The van der Waals surface area contributed by atoms with E-state index in [0.717, 1.165) is 24.2 Å². The Bertz CT molecular complexity index is 2320. The van der Waals surface area contributed by atoms with Gasteiger partial charge in [-0.25, -0.2) is 0 Å². The van der Waals surface area contributed by atoms with Gasteiger partial charge in [-0.05, 0) is 96.5 Å². The number of aliphatic hydroxyl groups excluding tert-OH is 1. The summed E-state index contributed by atoms with van der Waals surface area (Å²) in [5.41, 5.74) is -0.0377. The van der Waals surface area contributed by atoms with Crippen molar-refractivity contribution in [1.29, 1.82) is 0 Å². The van der Waals surface area contributed by atoms with E-state index in [1.165, 1.54) is 80.6 Å². The lowest BCUT2D eigenvalue weighted by atomic mass is 9.85. The van der Waals surface area contributed by atoms with Crippen molar-refractivity contribution in [1.82, 2.24) is 39.6 Å². The standard InChI is InChI=1S/C61H100N8O12/c1-18-40(6)54-50(72)34-44(58(78)69-29-23-20-24-30-69)27-28-51(73)64(13)41(7)56(76)67(16)48(33-43-25-21-19-22-26-43)59(79)66(15)47(32-39(4)5)55(75)62-53(42(8)70)60(80)63(12)36-52(74)65(14)46(31-38(2)3)49(71)35-45(57(77)68(54)17)37-81-61(9,10)11/h19,21-22,25-26,38-42,44-48,53-54,70H,18,20,23-24,27-37H2,1-17H3,(H,62,75)/t40-,41-,42+,44+,45-,46-,47-,48-,53-,54-/m0/s1. The molecule has 20 nitrogen and oxygen atoms in total. The summed E-state index contributed by atoms with van der Waals surface area (Å²) in [6.45, 7) is 19.7. The fraction of sp³-hybridized carbons (Fsp3) is 0.738. The van der Waals surface area contributed by atoms with Crippen LogP contribution < -0.4 is 5.32 Å². The number of likely N-dealkylation sites (tertiary alicyclic amines) is 1. The van der Waals surface area contributed by atoms with Crippen molar-refractivity contribution in [3.05, 3.63) is 35.9 Å². The Kier molecular flexibility index (Phi) is 27.1. The first kappa shape index (κ1) is 69.5. The first-order valence-electron chi connectivity index (χ1n) is 29.3. The number of Topliss-reactive ketones (excluding diaryl/α,β-unsaturated/α-hetero) is 2. The number of hydrogen-bond donors (Lipinski definition) is 2. The molecule has 81 heavy (non-hydrogen) atoms. The quantitative estimate of drug-likeness (QED) is 0.292. The molecule has 0 saturated carbocycles. The van der Waals surface area contributed by atoms with Crippen LogP contribution in [-0.4, -0.2) is 215 Å². The van der Waals surface area contributed by atoms with Crippen molar-refractivity contribution in [3.8, 4) is 0 Å². The van der Waals surface area contributed by atoms with E-state index < -0.39 is 125 Å². The summed E-state index contributed by atoms with van der Waals surface area (Å²) in [6, 6.07) is 1.76. The molecule has 3 rings (SSSR count). The summed E-state index contributed by atoms with van der Waals surface area (Å²) in [5.74, 6) is -8.35. The number of ketones is 2. The average Bonchev–Trinajstić information content (AvgIpc) is 3.49. The van der Waals surface area contributed by atoms with Gasteiger partial charge < -0.3 is 49.5 Å². The lowest BCUT2D eigenvalue weighted by molar-refractivity contribution is -0.152. The molecule has 456 valence electrons. The van der Waals surface area contributed by atoms with E-state index in [2.05, 4.69) is 5.32 Å². The molecule has 20 heteroatoms. The van der Waals surface area contributed by atoms with E-state index in [9.17, 15) is 48.3 Å². The van der Waals surface area contributed by atoms with E-state index in [0.29, 0.717) is 25.1 Å². The fourth-order valence-corrected chi connectivity index (χ4v) is 10.8. The third-order valence-electron chi connectivity index (χ3n) is 16.2. The van der Waals surface area contributed by atoms with Crippen LogP contribution in [0.5, 0.6) is 0 Å². The minimum Gasteiger partial charge on any atom is -0.391 e. The second-order valence-corrected chi connectivity index (χ2v) is 24.9. The molecule has 0 unspecified atom stereocenters. The molecule has 10 atom stereocenters. The van der Waals surface area contributed by atoms with Crippen molar-refractivity contribution in [2.75, 3.05) is 68.5 Å². The molecule has 0 bridgehead atoms. The Morgan fingerprint density at radius 3 is 1.79 bits per heavy atom. The van der Waals surface area contributed by atoms with Gasteiger partial charge in [0.05, 0.1) is 42.9 Å². The van der Waals surface area contributed by atoms with E-state index in [4.69, 9.17) is 4.74 Å². The second kappa shape index (κ2) is 31.6. The van der Waals surface area contributed by atoms with Gasteiger partial charge in [0.25, 0.3) is 0 Å². The summed E-state index contributed by atoms with van der Waals surface area (Å²) in [4.78, 5) is 156. The normalized spacial score (nSPS) is 26.3. The van der Waals surface area contributed by atoms with Crippen LogP contribution in [0, 0.1) is 29.6 Å². The molecule has 1 aromatic carbocycles. The molecule has 2 aliphatic heterocycles. The SMILES string of the molecule is CC[C@H](C)[C@H]1C(=O)C[C@H](C(=O)N2CCCCC2)CCC(=O)N(C)[C@@H](C)C(=O)N(C)[C@@H](Cc2ccccc2)C(=O)N(C)[C@@H](CC(C)C)C(=O)N[C@@H]([C@@H](C)O)C(=O)N(C)CC(=O)N(C)[C@@H](CC(C)C)C(=O)C[C@@H](COC(C)(C)C)C(=O)N1C. The highest BCUT2D eigenvalue weighted by Crippen LogP contribution is 2.28. The summed E-state index contributed by atoms with van der Waals surface area (Å²) in [6.07, 6.45) is 0.912. The van der Waals surface area contributed by atoms with Gasteiger partial charge in [-0.3, -0.25) is 47.9 Å². The highest BCUT2D eigenvalue weighted by atomic mass is 16.5. The number of benzene rings is 1. The number of nitrogens with one attached hydrogen (secondary N) is 1. The molecule has 2 N–H and O–H groups in total. The number of rotatable bonds is 12. The molecule has 2 heterocycles. The molecule has 0 radical (unpaired) electrons. The Balaban J connectivity index is 2.28. The van der Waals surface area contributed by atoms with Gasteiger partial charge in [0, 0.05) is 87.0 Å². The zero-order chi connectivity index (χ0) is 61.4. The number of carbonyl (C=O) groups excluding carboxylic acids is 10. The number of piperidine rings is 1. The van der Waals surface area contributed by atoms with E-state index in [1.807, 2.05) is 68.4 Å². The minimum absolute atomic E-state index is 0.0242. The second-order valence-electron chi connectivity index (χ2n) is 24.9. The monoisotopic (exact) mass is 1140 g/mol. The molecule has 1 aromatic rings. The predicted octanol–water partition coefficient (Wildman–Crippen LogP) is 4.62. The van der Waals surface area contributed by atoms with Crippen molar-refractivity contribution < 1.29 is 57.8 Å². The Morgan fingerprint density at radius 1 is 0.679 bits per heavy atom. The summed E-state index contributed by atoms with van der Waals surface area (Å²) in [5, 5.41) is 13.7. The fourth-order valence-electron chi connectivity index (χ4n) is 10.8. The number of carbonyl (C=O) groups is 10. The molecule has 2 saturated heterocycles. The van der Waals surface area contributed by atoms with Crippen LogP contribution in [0.1, 0.15) is 146 Å². The van der Waals surface area contributed by atoms with Crippen LogP contribution in [0.25, 0.3) is 0 Å². The zero-order valence-corrected chi connectivity index (χ0v) is 52.0. The van der Waals surface area contributed by atoms with Crippen molar-refractivity contribution in [3.63, 3.8) is 0 Å². The van der Waals surface area contributed by atoms with Crippen LogP contribution in [0.2, 0.25) is 0 Å². The number of aliphatic hydroxyl groups is 1. The third-order valence-corrected chi connectivity index (χ3v) is 16.2. The van der Waals surface area contributed by atoms with Gasteiger partial charge in [0.2, 0.25) is 47.3 Å². The average molecular weight is 1140 g/mol. The Morgan fingerprint density at radius 2 is 1.25 bits per heavy atom. The first-order chi connectivity index (χ1) is 37.7. The van der Waals surface area contributed by atoms with Crippen molar-refractivity contribution in [2.24, 2.45) is 29.6 Å². The smallest absolute Gasteiger partial charge is 0.248 e. The van der Waals surface area contributed by atoms with Gasteiger partial charge in [0.15, 0.2) is 11.6 Å². The van der Waals surface area contributed by atoms with Crippen molar-refractivity contribution >= 4 is 58.8 Å². The van der Waals surface area contributed by atoms with Crippen molar-refractivity contribution in [2.45, 2.75) is 195 Å². The predicted molar refractivity (Wildman–Crippen MR) is 310 cm³/mol. The Hall–Kier alpha value is -5.76. The maximum absolute atomic E-state index is 15.0. The third kappa shape index (κ3) is 20.0. The van der Waals surface area contributed by atoms with Crippen LogP contribution in [0.15, 0.2) is 30.3 Å². The van der Waals surface area contributed by atoms with Gasteiger partial charge in [-0.15, -0.1) is 0 Å². The molecule has 2 aliphatic rings. The highest BCUT2D eigenvalue weighted by Gasteiger charge is 2.43. The molecular formula is C61H100N8O12. The van der Waals surface area contributed by atoms with E-state index >= 15 is 4.79 Å². The molecule has 8 amide bonds. The number of hydrogen-bond acceptors (Lipinski definition) is 12. The summed E-state index contributed by atoms with van der Waals surface area (Å²) in [7, 11) is 8.65. The van der Waals surface area contributed by atoms with E-state index in [-0.39, 0.29) is 69.3 Å². The van der Waals surface area contributed by atoms with Gasteiger partial charge in [-0.2, -0.15) is 0 Å². The molecule has 0 aromatic heterocycles. The number of likely N-dealkylation sites (N-methyl/N-ethyl adjacent to an activating group) is 6. The molecule has 0 aliphatic carbocycles. The molecular weight excluding hydrogens is 1040 g/mol.